The molecule has 1 N–H and O–H groups in total. The van der Waals surface area contributed by atoms with Crippen LogP contribution in [-0.4, -0.2) is 40.8 Å². The van der Waals surface area contributed by atoms with Gasteiger partial charge in [-0.15, -0.1) is 0 Å². The largest absolute Gasteiger partial charge is 0.466 e. The molecule has 17 heavy (non-hydrogen) atoms. The SMILES string of the molecule is CCOC(=O)CC1CCCN2C(=O)CCC12O. The average Bonchev–Trinajstić information content (AvgIpc) is 2.58. The van der Waals surface area contributed by atoms with E-state index in [0.29, 0.717) is 26.0 Å². The van der Waals surface area contributed by atoms with Gasteiger partial charge in [0.25, 0.3) is 0 Å². The summed E-state index contributed by atoms with van der Waals surface area (Å²) in [6, 6.07) is 0. The minimum absolute atomic E-state index is 0.000980. The maximum Gasteiger partial charge on any atom is 0.306 e. The van der Waals surface area contributed by atoms with E-state index in [1.807, 2.05) is 0 Å². The van der Waals surface area contributed by atoms with Crippen molar-refractivity contribution < 1.29 is 19.4 Å². The van der Waals surface area contributed by atoms with Gasteiger partial charge < -0.3 is 14.7 Å². The van der Waals surface area contributed by atoms with E-state index in [1.165, 1.54) is 0 Å². The number of piperidine rings is 1. The van der Waals surface area contributed by atoms with E-state index in [1.54, 1.807) is 11.8 Å². The predicted molar refractivity (Wildman–Crippen MR) is 59.9 cm³/mol. The van der Waals surface area contributed by atoms with E-state index in [-0.39, 0.29) is 24.2 Å². The van der Waals surface area contributed by atoms with E-state index < -0.39 is 5.72 Å². The Morgan fingerprint density at radius 2 is 2.41 bits per heavy atom. The smallest absolute Gasteiger partial charge is 0.306 e. The molecule has 5 heteroatoms. The Hall–Kier alpha value is -1.10. The molecule has 0 aromatic heterocycles. The molecule has 2 atom stereocenters. The summed E-state index contributed by atoms with van der Waals surface area (Å²) >= 11 is 0. The molecule has 2 saturated heterocycles. The fourth-order valence-corrected chi connectivity index (χ4v) is 2.93. The van der Waals surface area contributed by atoms with Crippen LogP contribution in [0.4, 0.5) is 0 Å². The first-order chi connectivity index (χ1) is 8.08. The molecule has 96 valence electrons. The zero-order valence-corrected chi connectivity index (χ0v) is 10.1. The first kappa shape index (κ1) is 12.4. The van der Waals surface area contributed by atoms with Crippen LogP contribution in [0.2, 0.25) is 0 Å². The van der Waals surface area contributed by atoms with Gasteiger partial charge in [-0.1, -0.05) is 0 Å². The molecule has 5 nitrogen and oxygen atoms in total. The lowest BCUT2D eigenvalue weighted by Crippen LogP contribution is -2.55. The van der Waals surface area contributed by atoms with Crippen LogP contribution in [0.25, 0.3) is 0 Å². The molecule has 2 heterocycles. The molecule has 0 aromatic rings. The molecule has 0 aromatic carbocycles. The molecule has 0 saturated carbocycles. The molecule has 2 aliphatic heterocycles. The van der Waals surface area contributed by atoms with E-state index >= 15 is 0 Å². The van der Waals surface area contributed by atoms with E-state index in [2.05, 4.69) is 0 Å². The highest BCUT2D eigenvalue weighted by atomic mass is 16.5. The Kier molecular flexibility index (Phi) is 3.38. The van der Waals surface area contributed by atoms with E-state index in [0.717, 1.165) is 12.8 Å². The third-order valence-electron chi connectivity index (χ3n) is 3.78. The van der Waals surface area contributed by atoms with Crippen molar-refractivity contribution in [2.24, 2.45) is 5.92 Å². The number of carbonyl (C=O) groups excluding carboxylic acids is 2. The molecule has 0 spiro atoms. The molecule has 2 aliphatic rings. The van der Waals surface area contributed by atoms with E-state index in [4.69, 9.17) is 4.74 Å². The van der Waals surface area contributed by atoms with Crippen molar-refractivity contribution in [2.75, 3.05) is 13.2 Å². The van der Waals surface area contributed by atoms with Crippen molar-refractivity contribution in [2.45, 2.75) is 44.8 Å². The summed E-state index contributed by atoms with van der Waals surface area (Å²) in [7, 11) is 0. The van der Waals surface area contributed by atoms with Crippen LogP contribution in [0, 0.1) is 5.92 Å². The second-order valence-electron chi connectivity index (χ2n) is 4.77. The summed E-state index contributed by atoms with van der Waals surface area (Å²) in [5.41, 5.74) is -1.11. The highest BCUT2D eigenvalue weighted by molar-refractivity contribution is 5.80. The molecule has 0 bridgehead atoms. The van der Waals surface area contributed by atoms with Gasteiger partial charge in [-0.25, -0.2) is 0 Å². The zero-order chi connectivity index (χ0) is 12.5. The Bertz CT molecular complexity index is 330. The van der Waals surface area contributed by atoms with Crippen LogP contribution in [0.1, 0.15) is 39.0 Å². The number of nitrogens with zero attached hydrogens (tertiary/aromatic N) is 1. The number of esters is 1. The number of carbonyl (C=O) groups is 2. The van der Waals surface area contributed by atoms with Crippen molar-refractivity contribution in [1.82, 2.24) is 4.90 Å². The van der Waals surface area contributed by atoms with Crippen molar-refractivity contribution in [1.29, 1.82) is 0 Å². The third-order valence-corrected chi connectivity index (χ3v) is 3.78. The molecule has 2 unspecified atom stereocenters. The molecule has 2 rings (SSSR count). The van der Waals surface area contributed by atoms with Crippen LogP contribution in [-0.2, 0) is 14.3 Å². The fraction of sp³-hybridized carbons (Fsp3) is 0.833. The second kappa shape index (κ2) is 4.64. The monoisotopic (exact) mass is 241 g/mol. The fourth-order valence-electron chi connectivity index (χ4n) is 2.93. The first-order valence-corrected chi connectivity index (χ1v) is 6.26. The Morgan fingerprint density at radius 3 is 3.12 bits per heavy atom. The summed E-state index contributed by atoms with van der Waals surface area (Å²) in [5.74, 6) is -0.463. The minimum Gasteiger partial charge on any atom is -0.466 e. The van der Waals surface area contributed by atoms with Crippen LogP contribution >= 0.6 is 0 Å². The molecular weight excluding hydrogens is 222 g/mol. The molecule has 1 amide bonds. The number of ether oxygens (including phenoxy) is 1. The van der Waals surface area contributed by atoms with Crippen molar-refractivity contribution in [3.63, 3.8) is 0 Å². The van der Waals surface area contributed by atoms with Gasteiger partial charge in [0.2, 0.25) is 5.91 Å². The number of aliphatic hydroxyl groups is 1. The normalized spacial score (nSPS) is 32.5. The number of amides is 1. The number of fused-ring (bicyclic) bond motifs is 1. The summed E-state index contributed by atoms with van der Waals surface area (Å²) in [6.07, 6.45) is 2.65. The summed E-state index contributed by atoms with van der Waals surface area (Å²) < 4.78 is 4.91. The van der Waals surface area contributed by atoms with Gasteiger partial charge in [0.15, 0.2) is 0 Å². The van der Waals surface area contributed by atoms with E-state index in [9.17, 15) is 14.7 Å². The highest BCUT2D eigenvalue weighted by Crippen LogP contribution is 2.41. The first-order valence-electron chi connectivity index (χ1n) is 6.26. The lowest BCUT2D eigenvalue weighted by atomic mass is 9.83. The summed E-state index contributed by atoms with van der Waals surface area (Å²) in [5, 5.41) is 10.6. The van der Waals surface area contributed by atoms with Gasteiger partial charge in [0.1, 0.15) is 5.72 Å². The maximum atomic E-state index is 11.6. The van der Waals surface area contributed by atoms with Crippen LogP contribution in [0.15, 0.2) is 0 Å². The van der Waals surface area contributed by atoms with Gasteiger partial charge in [0.05, 0.1) is 13.0 Å². The Labute approximate surface area is 101 Å². The van der Waals surface area contributed by atoms with Crippen molar-refractivity contribution >= 4 is 11.9 Å². The van der Waals surface area contributed by atoms with Gasteiger partial charge in [0, 0.05) is 25.3 Å². The van der Waals surface area contributed by atoms with Crippen LogP contribution < -0.4 is 0 Å². The average molecular weight is 241 g/mol. The Balaban J connectivity index is 2.07. The third kappa shape index (κ3) is 2.16. The second-order valence-corrected chi connectivity index (χ2v) is 4.77. The Morgan fingerprint density at radius 1 is 1.65 bits per heavy atom. The predicted octanol–water partition coefficient (Wildman–Crippen LogP) is 0.661. The number of rotatable bonds is 3. The molecule has 0 aliphatic carbocycles. The van der Waals surface area contributed by atoms with Gasteiger partial charge in [-0.05, 0) is 19.8 Å². The quantitative estimate of drug-likeness (QED) is 0.737. The number of hydrogen-bond donors (Lipinski definition) is 1. The highest BCUT2D eigenvalue weighted by Gasteiger charge is 2.51. The van der Waals surface area contributed by atoms with Crippen molar-refractivity contribution in [3.05, 3.63) is 0 Å². The summed E-state index contributed by atoms with van der Waals surface area (Å²) in [6.45, 7) is 2.72. The summed E-state index contributed by atoms with van der Waals surface area (Å²) in [4.78, 5) is 24.6. The molecular formula is C12H19NO4. The lowest BCUT2D eigenvalue weighted by molar-refractivity contribution is -0.175. The maximum absolute atomic E-state index is 11.6. The van der Waals surface area contributed by atoms with Gasteiger partial charge in [-0.3, -0.25) is 9.59 Å². The van der Waals surface area contributed by atoms with Crippen LogP contribution in [0.3, 0.4) is 0 Å². The topological polar surface area (TPSA) is 66.8 Å². The van der Waals surface area contributed by atoms with Crippen LogP contribution in [0.5, 0.6) is 0 Å². The van der Waals surface area contributed by atoms with Crippen molar-refractivity contribution in [3.8, 4) is 0 Å². The standard InChI is InChI=1S/C12H19NO4/c1-2-17-11(15)8-9-4-3-7-13-10(14)5-6-12(9,13)16/h9,16H,2-8H2,1H3. The molecule has 2 fully saturated rings. The molecule has 0 radical (unpaired) electrons. The van der Waals surface area contributed by atoms with Gasteiger partial charge in [-0.2, -0.15) is 0 Å². The van der Waals surface area contributed by atoms with Gasteiger partial charge >= 0.3 is 5.97 Å². The lowest BCUT2D eigenvalue weighted by Gasteiger charge is -2.43. The minimum atomic E-state index is -1.11. The number of hydrogen-bond acceptors (Lipinski definition) is 4. The zero-order valence-electron chi connectivity index (χ0n) is 10.1.